The van der Waals surface area contributed by atoms with Crippen LogP contribution in [0.5, 0.6) is 0 Å². The van der Waals surface area contributed by atoms with Crippen LogP contribution in [0.2, 0.25) is 5.02 Å². The Labute approximate surface area is 196 Å². The van der Waals surface area contributed by atoms with E-state index in [1.807, 2.05) is 51.9 Å². The lowest BCUT2D eigenvalue weighted by Crippen LogP contribution is -2.50. The highest BCUT2D eigenvalue weighted by molar-refractivity contribution is 6.37. The second kappa shape index (κ2) is 7.97. The van der Waals surface area contributed by atoms with Gasteiger partial charge in [-0.15, -0.1) is 0 Å². The lowest BCUT2D eigenvalue weighted by molar-refractivity contribution is -0.113. The van der Waals surface area contributed by atoms with Crippen molar-refractivity contribution < 1.29 is 4.79 Å². The molecule has 0 spiro atoms. The zero-order valence-electron chi connectivity index (χ0n) is 18.0. The first-order valence-electron chi connectivity index (χ1n) is 11.2. The van der Waals surface area contributed by atoms with Crippen LogP contribution in [0.3, 0.4) is 0 Å². The van der Waals surface area contributed by atoms with E-state index in [0.717, 1.165) is 48.6 Å². The van der Waals surface area contributed by atoms with Gasteiger partial charge in [-0.05, 0) is 48.2 Å². The molecular formula is C26H23ClN4O2. The summed E-state index contributed by atoms with van der Waals surface area (Å²) in [6, 6.07) is 15.0. The minimum atomic E-state index is -0.0246. The molecule has 0 unspecified atom stereocenters. The van der Waals surface area contributed by atoms with E-state index in [9.17, 15) is 9.59 Å². The lowest BCUT2D eigenvalue weighted by Gasteiger charge is -2.43. The number of anilines is 1. The van der Waals surface area contributed by atoms with Gasteiger partial charge in [0.2, 0.25) is 0 Å². The molecule has 0 N–H and O–H groups in total. The Bertz CT molecular complexity index is 1330. The van der Waals surface area contributed by atoms with E-state index in [1.165, 1.54) is 0 Å². The molecule has 2 bridgehead atoms. The smallest absolute Gasteiger partial charge is 0.260 e. The van der Waals surface area contributed by atoms with E-state index in [1.54, 1.807) is 18.5 Å². The number of hydrogen-bond donors (Lipinski definition) is 0. The molecule has 33 heavy (non-hydrogen) atoms. The van der Waals surface area contributed by atoms with Crippen molar-refractivity contribution in [1.82, 2.24) is 14.5 Å². The zero-order chi connectivity index (χ0) is 22.5. The standard InChI is InChI=1S/C26H23ClN4O2/c27-20-6-7-21-22(10-17-3-2-8-28-12-17)26(33)31(24(21)11-20)16-29-13-18-9-19(15-29)23-4-1-5-25(32)30(23)14-18/h1-8,10-12,18-19H,9,13-16H2/b22-10-/t18-,19+/m1/s1. The fourth-order valence-electron chi connectivity index (χ4n) is 5.54. The van der Waals surface area contributed by atoms with E-state index in [4.69, 9.17) is 11.6 Å². The molecule has 1 amide bonds. The quantitative estimate of drug-likeness (QED) is 0.559. The van der Waals surface area contributed by atoms with Gasteiger partial charge >= 0.3 is 0 Å². The first-order chi connectivity index (χ1) is 16.1. The summed E-state index contributed by atoms with van der Waals surface area (Å²) in [5.41, 5.74) is 4.47. The summed E-state index contributed by atoms with van der Waals surface area (Å²) in [6.07, 6.45) is 6.46. The van der Waals surface area contributed by atoms with Crippen LogP contribution in [0.4, 0.5) is 5.69 Å². The van der Waals surface area contributed by atoms with Gasteiger partial charge in [0.05, 0.1) is 12.4 Å². The van der Waals surface area contributed by atoms with Gasteiger partial charge in [0.1, 0.15) is 0 Å². The number of nitrogens with zero attached hydrogens (tertiary/aromatic N) is 4. The first-order valence-corrected chi connectivity index (χ1v) is 11.6. The molecule has 3 aromatic rings. The third-order valence-electron chi connectivity index (χ3n) is 6.91. The lowest BCUT2D eigenvalue weighted by atomic mass is 9.83. The summed E-state index contributed by atoms with van der Waals surface area (Å²) >= 11 is 6.32. The van der Waals surface area contributed by atoms with Gasteiger partial charge in [0.15, 0.2) is 0 Å². The number of halogens is 1. The minimum Gasteiger partial charge on any atom is -0.312 e. The average Bonchev–Trinajstić information content (AvgIpc) is 3.06. The van der Waals surface area contributed by atoms with Gasteiger partial charge in [-0.1, -0.05) is 29.8 Å². The summed E-state index contributed by atoms with van der Waals surface area (Å²) < 4.78 is 1.93. The van der Waals surface area contributed by atoms with E-state index in [0.29, 0.717) is 29.1 Å². The Kier molecular flexibility index (Phi) is 4.93. The van der Waals surface area contributed by atoms with Gasteiger partial charge in [-0.3, -0.25) is 24.4 Å². The van der Waals surface area contributed by atoms with E-state index < -0.39 is 0 Å². The maximum absolute atomic E-state index is 13.6. The van der Waals surface area contributed by atoms with Crippen LogP contribution in [0.25, 0.3) is 11.6 Å². The topological polar surface area (TPSA) is 58.4 Å². The van der Waals surface area contributed by atoms with Crippen molar-refractivity contribution in [3.63, 3.8) is 0 Å². The number of amides is 1. The Morgan fingerprint density at radius 2 is 1.97 bits per heavy atom. The molecule has 0 radical (unpaired) electrons. The fraction of sp³-hybridized carbons (Fsp3) is 0.269. The SMILES string of the molecule is O=C1/C(=C\c2cccnc2)c2ccc(Cl)cc2N1CN1C[C@H]2C[C@@H](C1)c1cccc(=O)n1C2. The van der Waals surface area contributed by atoms with Crippen LogP contribution in [0.15, 0.2) is 65.7 Å². The van der Waals surface area contributed by atoms with E-state index >= 15 is 0 Å². The van der Waals surface area contributed by atoms with Crippen LogP contribution >= 0.6 is 11.6 Å². The number of carbonyl (C=O) groups excluding carboxylic acids is 1. The summed E-state index contributed by atoms with van der Waals surface area (Å²) in [7, 11) is 0. The average molecular weight is 459 g/mol. The normalized spacial score (nSPS) is 23.0. The zero-order valence-corrected chi connectivity index (χ0v) is 18.8. The molecular weight excluding hydrogens is 436 g/mol. The number of pyridine rings is 2. The number of aromatic nitrogens is 2. The largest absolute Gasteiger partial charge is 0.312 e. The molecule has 6 nitrogen and oxygen atoms in total. The molecule has 1 aromatic carbocycles. The predicted octanol–water partition coefficient (Wildman–Crippen LogP) is 3.86. The highest BCUT2D eigenvalue weighted by atomic mass is 35.5. The molecule has 0 aliphatic carbocycles. The Hall–Kier alpha value is -3.22. The van der Waals surface area contributed by atoms with Crippen LogP contribution in [0.1, 0.15) is 29.2 Å². The highest BCUT2D eigenvalue weighted by Crippen LogP contribution is 2.41. The minimum absolute atomic E-state index is 0.0246. The number of piperidine rings is 1. The van der Waals surface area contributed by atoms with Crippen molar-refractivity contribution >= 4 is 34.8 Å². The molecule has 2 aromatic heterocycles. The van der Waals surface area contributed by atoms with Crippen molar-refractivity contribution in [3.05, 3.63) is 93.1 Å². The molecule has 5 heterocycles. The van der Waals surface area contributed by atoms with Crippen LogP contribution in [0, 0.1) is 5.92 Å². The summed E-state index contributed by atoms with van der Waals surface area (Å²) in [5, 5.41) is 0.609. The molecule has 2 atom stereocenters. The van der Waals surface area contributed by atoms with Crippen LogP contribution in [-0.4, -0.2) is 40.1 Å². The molecule has 7 heteroatoms. The van der Waals surface area contributed by atoms with Gasteiger partial charge < -0.3 is 4.57 Å². The van der Waals surface area contributed by atoms with Gasteiger partial charge in [-0.25, -0.2) is 0 Å². The second-order valence-electron chi connectivity index (χ2n) is 9.11. The van der Waals surface area contributed by atoms with E-state index in [2.05, 4.69) is 16.0 Å². The Morgan fingerprint density at radius 1 is 1.06 bits per heavy atom. The second-order valence-corrected chi connectivity index (χ2v) is 9.55. The van der Waals surface area contributed by atoms with Gasteiger partial charge in [-0.2, -0.15) is 0 Å². The van der Waals surface area contributed by atoms with Crippen molar-refractivity contribution in [2.24, 2.45) is 5.92 Å². The molecule has 3 aliphatic rings. The Balaban J connectivity index is 1.31. The van der Waals surface area contributed by atoms with Crippen LogP contribution in [-0.2, 0) is 11.3 Å². The maximum Gasteiger partial charge on any atom is 0.260 e. The third-order valence-corrected chi connectivity index (χ3v) is 7.14. The summed E-state index contributed by atoms with van der Waals surface area (Å²) in [5.74, 6) is 0.676. The van der Waals surface area contributed by atoms with Crippen molar-refractivity contribution in [1.29, 1.82) is 0 Å². The van der Waals surface area contributed by atoms with Gasteiger partial charge in [0, 0.05) is 65.9 Å². The van der Waals surface area contributed by atoms with Crippen molar-refractivity contribution in [3.8, 4) is 0 Å². The third kappa shape index (κ3) is 3.59. The van der Waals surface area contributed by atoms with Gasteiger partial charge in [0.25, 0.3) is 11.5 Å². The molecule has 3 aliphatic heterocycles. The first kappa shape index (κ1) is 20.4. The monoisotopic (exact) mass is 458 g/mol. The maximum atomic E-state index is 13.6. The number of carbonyl (C=O) groups is 1. The number of likely N-dealkylation sites (tertiary alicyclic amines) is 1. The fourth-order valence-corrected chi connectivity index (χ4v) is 5.71. The summed E-state index contributed by atoms with van der Waals surface area (Å²) in [6.45, 7) is 2.92. The molecule has 1 saturated heterocycles. The van der Waals surface area contributed by atoms with Crippen LogP contribution < -0.4 is 10.5 Å². The molecule has 6 rings (SSSR count). The van der Waals surface area contributed by atoms with Crippen molar-refractivity contribution in [2.45, 2.75) is 18.9 Å². The highest BCUT2D eigenvalue weighted by Gasteiger charge is 2.38. The number of benzene rings is 1. The molecule has 166 valence electrons. The molecule has 0 saturated carbocycles. The van der Waals surface area contributed by atoms with E-state index in [-0.39, 0.29) is 11.5 Å². The number of hydrogen-bond acceptors (Lipinski definition) is 4. The molecule has 1 fully saturated rings. The number of rotatable bonds is 3. The predicted molar refractivity (Wildman–Crippen MR) is 129 cm³/mol. The Morgan fingerprint density at radius 3 is 2.82 bits per heavy atom. The van der Waals surface area contributed by atoms with Crippen molar-refractivity contribution in [2.75, 3.05) is 24.7 Å². The number of fused-ring (bicyclic) bond motifs is 5. The summed E-state index contributed by atoms with van der Waals surface area (Å²) in [4.78, 5) is 34.2.